The Balaban J connectivity index is 1.51. The maximum atomic E-state index is 13.0. The summed E-state index contributed by atoms with van der Waals surface area (Å²) in [5, 5.41) is 3.64. The van der Waals surface area contributed by atoms with Gasteiger partial charge in [0.15, 0.2) is 0 Å². The number of nitrogens with one attached hydrogen (secondary N) is 2. The Labute approximate surface area is 200 Å². The van der Waals surface area contributed by atoms with E-state index in [0.717, 1.165) is 5.69 Å². The molecular formula is C24H21Cl2N5O2. The maximum Gasteiger partial charge on any atom is 0.256 e. The lowest BCUT2D eigenvalue weighted by molar-refractivity contribution is -0.125. The van der Waals surface area contributed by atoms with Crippen LogP contribution in [0.15, 0.2) is 77.9 Å². The number of amides is 2. The molecule has 0 aliphatic heterocycles. The summed E-state index contributed by atoms with van der Waals surface area (Å²) in [5.41, 5.74) is 7.84. The van der Waals surface area contributed by atoms with Crippen molar-refractivity contribution in [1.29, 1.82) is 0 Å². The Morgan fingerprint density at radius 1 is 1.21 bits per heavy atom. The second-order valence-electron chi connectivity index (χ2n) is 7.79. The van der Waals surface area contributed by atoms with Gasteiger partial charge in [-0.2, -0.15) is 0 Å². The largest absolute Gasteiger partial charge is 0.369 e. The van der Waals surface area contributed by atoms with Crippen LogP contribution in [0.25, 0.3) is 11.3 Å². The van der Waals surface area contributed by atoms with Crippen LogP contribution in [-0.2, 0) is 16.0 Å². The lowest BCUT2D eigenvalue weighted by Crippen LogP contribution is -2.38. The zero-order chi connectivity index (χ0) is 23.4. The predicted molar refractivity (Wildman–Crippen MR) is 128 cm³/mol. The predicted octanol–water partition coefficient (Wildman–Crippen LogP) is 4.62. The standard InChI is InChI=1S/C24H21Cl2N5O2/c25-19-5-4-15(11-18(19)21-3-1-2-10-29-21)31-22(32)17-7-9-24(23(27)33,12-20(17)26)8-6-16-13-28-14-30-16/h1-5,7,9-11,13-14H,6,8,12H2,(H2,27,33)(H,28,30)(H,31,32). The number of hydrogen-bond donors (Lipinski definition) is 3. The quantitative estimate of drug-likeness (QED) is 0.456. The summed E-state index contributed by atoms with van der Waals surface area (Å²) >= 11 is 12.8. The first-order valence-electron chi connectivity index (χ1n) is 10.3. The highest BCUT2D eigenvalue weighted by molar-refractivity contribution is 6.34. The lowest BCUT2D eigenvalue weighted by Gasteiger charge is -2.30. The second-order valence-corrected chi connectivity index (χ2v) is 8.65. The van der Waals surface area contributed by atoms with E-state index in [1.54, 1.807) is 49.1 Å². The van der Waals surface area contributed by atoms with Crippen molar-refractivity contribution in [2.45, 2.75) is 19.3 Å². The highest BCUT2D eigenvalue weighted by atomic mass is 35.5. The molecule has 3 aromatic rings. The van der Waals surface area contributed by atoms with Gasteiger partial charge in [0.2, 0.25) is 5.91 Å². The summed E-state index contributed by atoms with van der Waals surface area (Å²) in [5.74, 6) is -0.884. The van der Waals surface area contributed by atoms with Crippen molar-refractivity contribution < 1.29 is 9.59 Å². The van der Waals surface area contributed by atoms with Crippen LogP contribution in [0.1, 0.15) is 18.5 Å². The fourth-order valence-electron chi connectivity index (χ4n) is 3.73. The molecule has 1 atom stereocenters. The molecule has 0 spiro atoms. The molecule has 1 aliphatic carbocycles. The molecule has 4 rings (SSSR count). The Morgan fingerprint density at radius 2 is 2.06 bits per heavy atom. The van der Waals surface area contributed by atoms with Crippen molar-refractivity contribution in [2.24, 2.45) is 11.1 Å². The molecule has 0 fully saturated rings. The molecule has 4 N–H and O–H groups in total. The van der Waals surface area contributed by atoms with Gasteiger partial charge in [-0.1, -0.05) is 41.4 Å². The first-order chi connectivity index (χ1) is 15.9. The second kappa shape index (κ2) is 9.60. The number of aromatic amines is 1. The molecule has 1 aliphatic rings. The summed E-state index contributed by atoms with van der Waals surface area (Å²) in [7, 11) is 0. The summed E-state index contributed by atoms with van der Waals surface area (Å²) in [6.45, 7) is 0. The molecule has 2 heterocycles. The van der Waals surface area contributed by atoms with Crippen molar-refractivity contribution in [3.63, 3.8) is 0 Å². The number of hydrogen-bond acceptors (Lipinski definition) is 4. The van der Waals surface area contributed by atoms with Crippen molar-refractivity contribution in [3.8, 4) is 11.3 Å². The normalized spacial score (nSPS) is 17.8. The van der Waals surface area contributed by atoms with E-state index in [2.05, 4.69) is 20.3 Å². The van der Waals surface area contributed by atoms with E-state index in [0.29, 0.717) is 34.8 Å². The zero-order valence-corrected chi connectivity index (χ0v) is 19.0. The van der Waals surface area contributed by atoms with Gasteiger partial charge in [-0.25, -0.2) is 4.98 Å². The highest BCUT2D eigenvalue weighted by Crippen LogP contribution is 2.40. The molecule has 7 nitrogen and oxygen atoms in total. The van der Waals surface area contributed by atoms with Gasteiger partial charge in [0.1, 0.15) is 0 Å². The van der Waals surface area contributed by atoms with Crippen LogP contribution in [0.5, 0.6) is 0 Å². The van der Waals surface area contributed by atoms with Crippen molar-refractivity contribution in [2.75, 3.05) is 5.32 Å². The zero-order valence-electron chi connectivity index (χ0n) is 17.5. The van der Waals surface area contributed by atoms with Crippen molar-refractivity contribution in [1.82, 2.24) is 15.0 Å². The van der Waals surface area contributed by atoms with Crippen LogP contribution in [0.4, 0.5) is 5.69 Å². The number of benzene rings is 1. The van der Waals surface area contributed by atoms with E-state index in [-0.39, 0.29) is 17.0 Å². The van der Waals surface area contributed by atoms with Gasteiger partial charge in [-0.15, -0.1) is 0 Å². The molecule has 0 saturated heterocycles. The number of rotatable bonds is 7. The van der Waals surface area contributed by atoms with Gasteiger partial charge < -0.3 is 16.0 Å². The first-order valence-corrected chi connectivity index (χ1v) is 11.0. The fourth-order valence-corrected chi connectivity index (χ4v) is 4.33. The number of halogens is 2. The average molecular weight is 482 g/mol. The van der Waals surface area contributed by atoms with Crippen LogP contribution in [-0.4, -0.2) is 26.8 Å². The number of carbonyl (C=O) groups is 2. The number of anilines is 1. The maximum absolute atomic E-state index is 13.0. The Kier molecular flexibility index (Phi) is 6.62. The van der Waals surface area contributed by atoms with Crippen LogP contribution in [0.3, 0.4) is 0 Å². The summed E-state index contributed by atoms with van der Waals surface area (Å²) in [6.07, 6.45) is 9.35. The molecule has 0 radical (unpaired) electrons. The van der Waals surface area contributed by atoms with E-state index in [1.807, 2.05) is 18.2 Å². The number of primary amides is 1. The van der Waals surface area contributed by atoms with Crippen LogP contribution >= 0.6 is 23.2 Å². The number of imidazole rings is 1. The number of nitrogens with zero attached hydrogens (tertiary/aromatic N) is 2. The van der Waals surface area contributed by atoms with Crippen LogP contribution in [0, 0.1) is 5.41 Å². The van der Waals surface area contributed by atoms with Gasteiger partial charge in [-0.3, -0.25) is 14.6 Å². The van der Waals surface area contributed by atoms with Gasteiger partial charge >= 0.3 is 0 Å². The van der Waals surface area contributed by atoms with Gasteiger partial charge in [-0.05, 0) is 43.2 Å². The minimum absolute atomic E-state index is 0.150. The summed E-state index contributed by atoms with van der Waals surface area (Å²) in [4.78, 5) is 36.6. The third-order valence-corrected chi connectivity index (χ3v) is 6.29. The Morgan fingerprint density at radius 3 is 2.73 bits per heavy atom. The van der Waals surface area contributed by atoms with E-state index in [9.17, 15) is 9.59 Å². The Bertz CT molecular complexity index is 1240. The fraction of sp³-hybridized carbons (Fsp3) is 0.167. The van der Waals surface area contributed by atoms with Crippen molar-refractivity contribution in [3.05, 3.63) is 88.6 Å². The lowest BCUT2D eigenvalue weighted by atomic mass is 9.75. The first kappa shape index (κ1) is 22.8. The minimum Gasteiger partial charge on any atom is -0.369 e. The monoisotopic (exact) mass is 481 g/mol. The smallest absolute Gasteiger partial charge is 0.256 e. The van der Waals surface area contributed by atoms with Crippen molar-refractivity contribution >= 4 is 40.7 Å². The number of allylic oxidation sites excluding steroid dienone is 1. The van der Waals surface area contributed by atoms with E-state index < -0.39 is 17.2 Å². The van der Waals surface area contributed by atoms with Crippen LogP contribution < -0.4 is 11.1 Å². The van der Waals surface area contributed by atoms with Gasteiger partial charge in [0.25, 0.3) is 5.91 Å². The molecule has 0 saturated carbocycles. The Hall–Kier alpha value is -3.42. The highest BCUT2D eigenvalue weighted by Gasteiger charge is 2.38. The number of pyridine rings is 1. The number of aromatic nitrogens is 3. The molecular weight excluding hydrogens is 461 g/mol. The molecule has 1 unspecified atom stereocenters. The van der Waals surface area contributed by atoms with E-state index >= 15 is 0 Å². The van der Waals surface area contributed by atoms with E-state index in [4.69, 9.17) is 28.9 Å². The third-order valence-electron chi connectivity index (χ3n) is 5.63. The topological polar surface area (TPSA) is 114 Å². The van der Waals surface area contributed by atoms with Gasteiger partial charge in [0, 0.05) is 40.8 Å². The van der Waals surface area contributed by atoms with E-state index in [1.165, 1.54) is 0 Å². The number of carbonyl (C=O) groups excluding carboxylic acids is 2. The molecule has 168 valence electrons. The summed E-state index contributed by atoms with van der Waals surface area (Å²) < 4.78 is 0. The molecule has 2 aromatic heterocycles. The average Bonchev–Trinajstić information content (AvgIpc) is 3.33. The molecule has 33 heavy (non-hydrogen) atoms. The molecule has 2 amide bonds. The third kappa shape index (κ3) is 4.99. The number of H-pyrrole nitrogens is 1. The van der Waals surface area contributed by atoms with Gasteiger partial charge in [0.05, 0.1) is 28.0 Å². The SMILES string of the molecule is NC(=O)C1(CCc2cnc[nH]2)C=CC(C(=O)Nc2ccc(Cl)c(-c3ccccn3)c2)=C(Cl)C1. The molecule has 1 aromatic carbocycles. The van der Waals surface area contributed by atoms with Crippen LogP contribution in [0.2, 0.25) is 5.02 Å². The summed E-state index contributed by atoms with van der Waals surface area (Å²) in [6, 6.07) is 10.7. The molecule has 0 bridgehead atoms. The number of aryl methyl sites for hydroxylation is 1. The minimum atomic E-state index is -0.974. The molecule has 9 heteroatoms. The number of nitrogens with two attached hydrogens (primary N) is 1.